The Morgan fingerprint density at radius 1 is 0.145 bits per heavy atom. The molecule has 0 unspecified atom stereocenters. The van der Waals surface area contributed by atoms with Gasteiger partial charge < -0.3 is 91.9 Å². The summed E-state index contributed by atoms with van der Waals surface area (Å²) in [5.41, 5.74) is 14.2. The molecule has 124 heavy (non-hydrogen) atoms. The van der Waals surface area contributed by atoms with Crippen LogP contribution in [0, 0.1) is 0 Å². The molecule has 620 valence electrons. The monoisotopic (exact) mass is 1650 g/mol. The minimum absolute atomic E-state index is 0.120. The van der Waals surface area contributed by atoms with Gasteiger partial charge in [-0.1, -0.05) is 158 Å². The van der Waals surface area contributed by atoms with E-state index in [2.05, 4.69) is 0 Å². The summed E-state index contributed by atoms with van der Waals surface area (Å²) in [5, 5.41) is 186. The molecule has 0 saturated heterocycles. The van der Waals surface area contributed by atoms with E-state index in [1.165, 1.54) is 0 Å². The number of rotatable bonds is 16. The van der Waals surface area contributed by atoms with Crippen LogP contribution in [0.15, 0.2) is 328 Å². The Hall–Kier alpha value is -16.3. The molecule has 0 aromatic heterocycles. The van der Waals surface area contributed by atoms with E-state index in [0.29, 0.717) is 89.4 Å². The fourth-order valence-corrected chi connectivity index (χ4v) is 15.1. The van der Waals surface area contributed by atoms with Crippen LogP contribution in [0.5, 0.6) is 103 Å². The maximum atomic E-state index is 11.0. The van der Waals surface area contributed by atoms with Crippen LogP contribution < -0.4 is 0 Å². The molecule has 0 spiro atoms. The highest BCUT2D eigenvalue weighted by Crippen LogP contribution is 2.43. The number of hydrogen-bond acceptors (Lipinski definition) is 18. The normalized spacial score (nSPS) is 10.9. The number of hydrogen-bond donors (Lipinski definition) is 18. The van der Waals surface area contributed by atoms with Gasteiger partial charge in [0.2, 0.25) is 0 Å². The van der Waals surface area contributed by atoms with Gasteiger partial charge in [-0.05, 0) is 288 Å². The van der Waals surface area contributed by atoms with E-state index in [0.717, 1.165) is 105 Å². The lowest BCUT2D eigenvalue weighted by Crippen LogP contribution is -1.97. The highest BCUT2D eigenvalue weighted by atomic mass is 16.3. The van der Waals surface area contributed by atoms with Crippen molar-refractivity contribution in [2.45, 2.75) is 51.4 Å². The molecule has 0 heterocycles. The molecule has 0 bridgehead atoms. The Morgan fingerprint density at radius 2 is 0.468 bits per heavy atom. The SMILES string of the molecule is Oc1ccc(Cc2cc3c(Cc4ccc(O)cc4)ccc(O)c3cc2O)cc1.Oc1ccc(Cc2cc3cccc(O)c3c(Cc3ccc(O)cc3)c2O)cc1.Oc1ccc(Cc2cc3cccc(O)c3cc2O)cc1.Oc1ccc(Cc2ccc(O)c3c(Cc4ccc(O)cc4)c(O)ccc23)cc1.Oc1ccc(Cc2ccc3ccc(O)cc3c2O)cc1. The number of aromatic hydroxyl groups is 18. The van der Waals surface area contributed by atoms with Gasteiger partial charge in [-0.2, -0.15) is 0 Å². The number of benzene rings is 18. The van der Waals surface area contributed by atoms with Gasteiger partial charge in [-0.25, -0.2) is 0 Å². The highest BCUT2D eigenvalue weighted by Gasteiger charge is 2.20. The zero-order chi connectivity index (χ0) is 87.2. The van der Waals surface area contributed by atoms with Crippen molar-refractivity contribution < 1.29 is 91.9 Å². The lowest BCUT2D eigenvalue weighted by Gasteiger charge is -2.15. The Kier molecular flexibility index (Phi) is 25.6. The second-order valence-electron chi connectivity index (χ2n) is 30.4. The van der Waals surface area contributed by atoms with E-state index in [1.807, 2.05) is 133 Å². The Labute approximate surface area is 713 Å². The average molecular weight is 1650 g/mol. The van der Waals surface area contributed by atoms with Gasteiger partial charge in [0.25, 0.3) is 0 Å². The first-order chi connectivity index (χ1) is 59.8. The van der Waals surface area contributed by atoms with Crippen molar-refractivity contribution in [3.05, 3.63) is 417 Å². The van der Waals surface area contributed by atoms with Crippen molar-refractivity contribution in [2.75, 3.05) is 0 Å². The van der Waals surface area contributed by atoms with Crippen molar-refractivity contribution in [1.82, 2.24) is 0 Å². The van der Waals surface area contributed by atoms with Crippen molar-refractivity contribution in [3.8, 4) is 103 Å². The Balaban J connectivity index is 0.000000127. The minimum Gasteiger partial charge on any atom is -0.508 e. The van der Waals surface area contributed by atoms with Crippen LogP contribution in [0.25, 0.3) is 53.9 Å². The molecule has 0 aliphatic rings. The summed E-state index contributed by atoms with van der Waals surface area (Å²) in [7, 11) is 0. The van der Waals surface area contributed by atoms with E-state index in [-0.39, 0.29) is 103 Å². The van der Waals surface area contributed by atoms with Crippen LogP contribution in [0.4, 0.5) is 0 Å². The minimum atomic E-state index is 0.120. The third-order valence-corrected chi connectivity index (χ3v) is 21.6. The Morgan fingerprint density at radius 3 is 0.935 bits per heavy atom. The second kappa shape index (κ2) is 37.7. The van der Waals surface area contributed by atoms with Crippen molar-refractivity contribution in [2.24, 2.45) is 0 Å². The summed E-state index contributed by atoms with van der Waals surface area (Å²) >= 11 is 0. The summed E-state index contributed by atoms with van der Waals surface area (Å²) in [6, 6.07) is 93.9. The van der Waals surface area contributed by atoms with Crippen LogP contribution in [-0.4, -0.2) is 91.9 Å². The zero-order valence-electron chi connectivity index (χ0n) is 66.9. The predicted molar refractivity (Wildman–Crippen MR) is 484 cm³/mol. The fourth-order valence-electron chi connectivity index (χ4n) is 15.1. The lowest BCUT2D eigenvalue weighted by molar-refractivity contribution is 0.461. The molecule has 18 rings (SSSR count). The van der Waals surface area contributed by atoms with E-state index < -0.39 is 0 Å². The summed E-state index contributed by atoms with van der Waals surface area (Å²) in [6.45, 7) is 0. The molecule has 0 saturated carbocycles. The quantitative estimate of drug-likeness (QED) is 0.0427. The molecule has 0 atom stereocenters. The molecule has 0 aliphatic carbocycles. The average Bonchev–Trinajstić information content (AvgIpc) is 0.792. The molecular weight excluding hydrogens is 1560 g/mol. The van der Waals surface area contributed by atoms with Gasteiger partial charge in [0, 0.05) is 76.6 Å². The van der Waals surface area contributed by atoms with Crippen LogP contribution in [0.1, 0.15) is 89.0 Å². The fraction of sp³-hybridized carbons (Fsp3) is 0.0755. The molecule has 0 radical (unpaired) electrons. The predicted octanol–water partition coefficient (Wildman–Crippen LogP) is 21.6. The lowest BCUT2D eigenvalue weighted by atomic mass is 9.91. The van der Waals surface area contributed by atoms with Gasteiger partial charge >= 0.3 is 0 Å². The molecule has 18 N–H and O–H groups in total. The van der Waals surface area contributed by atoms with Gasteiger partial charge in [-0.15, -0.1) is 0 Å². The van der Waals surface area contributed by atoms with Gasteiger partial charge in [0.1, 0.15) is 103 Å². The van der Waals surface area contributed by atoms with Crippen LogP contribution in [0.3, 0.4) is 0 Å². The van der Waals surface area contributed by atoms with Crippen LogP contribution in [0.2, 0.25) is 0 Å². The molecular formula is C106H88O18. The summed E-state index contributed by atoms with van der Waals surface area (Å²) in [5.74, 6) is 3.06. The number of phenols is 18. The summed E-state index contributed by atoms with van der Waals surface area (Å²) in [6.07, 6.45) is 4.27. The smallest absolute Gasteiger partial charge is 0.127 e. The summed E-state index contributed by atoms with van der Waals surface area (Å²) in [4.78, 5) is 0. The molecule has 0 amide bonds. The first-order valence-corrected chi connectivity index (χ1v) is 39.8. The van der Waals surface area contributed by atoms with Gasteiger partial charge in [-0.3, -0.25) is 0 Å². The first kappa shape index (κ1) is 84.1. The molecule has 18 nitrogen and oxygen atoms in total. The Bertz CT molecular complexity index is 6720. The van der Waals surface area contributed by atoms with E-state index in [1.54, 1.807) is 194 Å². The molecule has 18 aromatic rings. The molecule has 0 fully saturated rings. The first-order valence-electron chi connectivity index (χ1n) is 39.8. The number of fused-ring (bicyclic) bond motifs is 5. The van der Waals surface area contributed by atoms with E-state index in [9.17, 15) is 91.9 Å². The third kappa shape index (κ3) is 20.7. The second-order valence-corrected chi connectivity index (χ2v) is 30.4. The van der Waals surface area contributed by atoms with Crippen molar-refractivity contribution in [3.63, 3.8) is 0 Å². The van der Waals surface area contributed by atoms with Crippen molar-refractivity contribution >= 4 is 53.9 Å². The maximum Gasteiger partial charge on any atom is 0.127 e. The summed E-state index contributed by atoms with van der Waals surface area (Å²) < 4.78 is 0. The van der Waals surface area contributed by atoms with Crippen molar-refractivity contribution in [1.29, 1.82) is 0 Å². The molecule has 18 aromatic carbocycles. The highest BCUT2D eigenvalue weighted by molar-refractivity contribution is 5.97. The topological polar surface area (TPSA) is 364 Å². The molecule has 0 aliphatic heterocycles. The van der Waals surface area contributed by atoms with Crippen LogP contribution >= 0.6 is 0 Å². The number of phenolic OH excluding ortho intramolecular Hbond substituents is 18. The standard InChI is InChI=1S/3C24H20O4.2C17H14O3/c25-18-6-1-15(2-7-18)13-17-5-11-23(28)24-20(17)10-12-22(27)21(24)14-16-3-8-19(26)9-4-16;25-19-6-1-15(2-7-19)11-17-5-10-23(27)22-14-24(28)18(13-21(17)22)12-16-3-8-20(26)9-4-16;25-19-8-4-15(5-9-19)12-18-14-17-2-1-3-22(27)23(17)21(24(18)28)13-16-6-10-20(26)11-7-16;18-14-6-1-11(2-7-14)9-13-4-3-12-5-8-15(19)10-16(12)17(13)20;18-14-6-4-11(5-7-14)8-13-9-12-2-1-3-16(19)15(12)10-17(13)20/h1-12,25-28H,13-14H2;1-10,13-14,25-28H,11-12H2;1-11,14,25-28H,12-13H2;1-8,10,18-20H,9H2;1-7,9-10,18-20H,8H2. The molecule has 18 heteroatoms. The van der Waals surface area contributed by atoms with Gasteiger partial charge in [0.05, 0.1) is 0 Å². The van der Waals surface area contributed by atoms with E-state index in [4.69, 9.17) is 0 Å². The largest absolute Gasteiger partial charge is 0.508 e. The van der Waals surface area contributed by atoms with E-state index >= 15 is 0 Å². The third-order valence-electron chi connectivity index (χ3n) is 21.6. The zero-order valence-corrected chi connectivity index (χ0v) is 66.9. The van der Waals surface area contributed by atoms with Crippen LogP contribution in [-0.2, 0) is 51.4 Å². The maximum absolute atomic E-state index is 11.0. The van der Waals surface area contributed by atoms with Gasteiger partial charge in [0.15, 0.2) is 0 Å².